The largest absolute Gasteiger partial charge is 0.311 e. The van der Waals surface area contributed by atoms with Crippen molar-refractivity contribution in [3.63, 3.8) is 0 Å². The molecule has 0 saturated heterocycles. The van der Waals surface area contributed by atoms with Gasteiger partial charge < -0.3 is 5.32 Å². The highest BCUT2D eigenvalue weighted by Crippen LogP contribution is 2.38. The van der Waals surface area contributed by atoms with Crippen LogP contribution in [0.3, 0.4) is 0 Å². The van der Waals surface area contributed by atoms with Crippen LogP contribution in [-0.2, 0) is 10.3 Å². The molecular formula is C17H21N3O. The zero-order valence-electron chi connectivity index (χ0n) is 13.0. The average Bonchev–Trinajstić information content (AvgIpc) is 2.81. The van der Waals surface area contributed by atoms with Crippen LogP contribution in [0.5, 0.6) is 0 Å². The summed E-state index contributed by atoms with van der Waals surface area (Å²) in [6.45, 7) is 8.33. The number of rotatable bonds is 1. The highest BCUT2D eigenvalue weighted by atomic mass is 16.1. The fraction of sp³-hybridized carbons (Fsp3) is 0.412. The molecule has 4 nitrogen and oxygen atoms in total. The summed E-state index contributed by atoms with van der Waals surface area (Å²) in [6, 6.07) is 8.37. The smallest absolute Gasteiger partial charge is 0.226 e. The molecule has 0 unspecified atom stereocenters. The zero-order chi connectivity index (χ0) is 15.2. The molecule has 1 aliphatic heterocycles. The number of carbonyl (C=O) groups is 1. The minimum absolute atomic E-state index is 0.0556. The SMILES string of the molecule is Cc1cccc([C@@H]2CC(=O)Nc3c2cnn3C(C)(C)C)c1. The molecule has 1 aliphatic rings. The molecule has 1 aromatic carbocycles. The Balaban J connectivity index is 2.11. The van der Waals surface area contributed by atoms with Gasteiger partial charge in [0.25, 0.3) is 0 Å². The number of benzene rings is 1. The van der Waals surface area contributed by atoms with Crippen molar-refractivity contribution < 1.29 is 4.79 Å². The fourth-order valence-corrected chi connectivity index (χ4v) is 2.91. The van der Waals surface area contributed by atoms with Crippen LogP contribution in [0.1, 0.15) is 49.8 Å². The van der Waals surface area contributed by atoms with Crippen LogP contribution >= 0.6 is 0 Å². The lowest BCUT2D eigenvalue weighted by molar-refractivity contribution is -0.116. The van der Waals surface area contributed by atoms with Crippen LogP contribution in [0.4, 0.5) is 5.82 Å². The molecule has 0 fully saturated rings. The average molecular weight is 283 g/mol. The second kappa shape index (κ2) is 4.72. The van der Waals surface area contributed by atoms with E-state index in [-0.39, 0.29) is 17.4 Å². The number of hydrogen-bond donors (Lipinski definition) is 1. The molecule has 1 amide bonds. The van der Waals surface area contributed by atoms with Crippen LogP contribution in [0.25, 0.3) is 0 Å². The first kappa shape index (κ1) is 13.9. The summed E-state index contributed by atoms with van der Waals surface area (Å²) < 4.78 is 1.90. The highest BCUT2D eigenvalue weighted by molar-refractivity contribution is 5.94. The molecule has 0 spiro atoms. The third-order valence-corrected chi connectivity index (χ3v) is 3.90. The second-order valence-corrected chi connectivity index (χ2v) is 6.75. The Morgan fingerprint density at radius 2 is 2.10 bits per heavy atom. The fourth-order valence-electron chi connectivity index (χ4n) is 2.91. The summed E-state index contributed by atoms with van der Waals surface area (Å²) in [5.41, 5.74) is 3.34. The second-order valence-electron chi connectivity index (χ2n) is 6.75. The van der Waals surface area contributed by atoms with Crippen LogP contribution in [0.15, 0.2) is 30.5 Å². The van der Waals surface area contributed by atoms with Gasteiger partial charge in [0.05, 0.1) is 11.7 Å². The summed E-state index contributed by atoms with van der Waals surface area (Å²) in [6.07, 6.45) is 2.37. The van der Waals surface area contributed by atoms with E-state index >= 15 is 0 Å². The molecule has 1 N–H and O–H groups in total. The van der Waals surface area contributed by atoms with Crippen molar-refractivity contribution in [3.8, 4) is 0 Å². The number of nitrogens with zero attached hydrogens (tertiary/aromatic N) is 2. The summed E-state index contributed by atoms with van der Waals surface area (Å²) in [7, 11) is 0. The van der Waals surface area contributed by atoms with Gasteiger partial charge in [0.15, 0.2) is 0 Å². The van der Waals surface area contributed by atoms with Crippen molar-refractivity contribution in [3.05, 3.63) is 47.2 Å². The maximum atomic E-state index is 12.1. The summed E-state index contributed by atoms with van der Waals surface area (Å²) in [5, 5.41) is 7.49. The number of anilines is 1. The zero-order valence-corrected chi connectivity index (χ0v) is 13.0. The minimum atomic E-state index is -0.157. The molecule has 4 heteroatoms. The lowest BCUT2D eigenvalue weighted by Crippen LogP contribution is -2.30. The molecule has 1 atom stereocenters. The number of aryl methyl sites for hydroxylation is 1. The summed E-state index contributed by atoms with van der Waals surface area (Å²) >= 11 is 0. The van der Waals surface area contributed by atoms with Crippen LogP contribution in [-0.4, -0.2) is 15.7 Å². The Bertz CT molecular complexity index is 694. The Hall–Kier alpha value is -2.10. The van der Waals surface area contributed by atoms with E-state index in [0.29, 0.717) is 6.42 Å². The lowest BCUT2D eigenvalue weighted by Gasteiger charge is -2.28. The van der Waals surface area contributed by atoms with Crippen LogP contribution in [0, 0.1) is 6.92 Å². The van der Waals surface area contributed by atoms with Crippen molar-refractivity contribution in [2.75, 3.05) is 5.32 Å². The molecule has 0 aliphatic carbocycles. The Morgan fingerprint density at radius 3 is 2.76 bits per heavy atom. The maximum Gasteiger partial charge on any atom is 0.226 e. The lowest BCUT2D eigenvalue weighted by atomic mass is 9.86. The van der Waals surface area contributed by atoms with Crippen molar-refractivity contribution in [1.82, 2.24) is 9.78 Å². The maximum absolute atomic E-state index is 12.1. The number of carbonyl (C=O) groups excluding carboxylic acids is 1. The standard InChI is InChI=1S/C17H21N3O/c1-11-6-5-7-12(8-11)13-9-15(21)19-16-14(13)10-18-20(16)17(2,3)4/h5-8,10,13H,9H2,1-4H3,(H,19,21)/t13-/m0/s1. The van der Waals surface area contributed by atoms with E-state index in [0.717, 1.165) is 11.4 Å². The number of hydrogen-bond acceptors (Lipinski definition) is 2. The number of aromatic nitrogens is 2. The molecule has 2 heterocycles. The molecule has 0 radical (unpaired) electrons. The van der Waals surface area contributed by atoms with Gasteiger partial charge in [-0.15, -0.1) is 0 Å². The molecule has 21 heavy (non-hydrogen) atoms. The van der Waals surface area contributed by atoms with E-state index in [1.807, 2.05) is 16.9 Å². The third kappa shape index (κ3) is 2.46. The van der Waals surface area contributed by atoms with Crippen LogP contribution in [0.2, 0.25) is 0 Å². The van der Waals surface area contributed by atoms with Gasteiger partial charge in [-0.1, -0.05) is 29.8 Å². The first-order valence-electron chi connectivity index (χ1n) is 7.31. The number of nitrogens with one attached hydrogen (secondary N) is 1. The third-order valence-electron chi connectivity index (χ3n) is 3.90. The van der Waals surface area contributed by atoms with E-state index in [2.05, 4.69) is 56.3 Å². The van der Waals surface area contributed by atoms with Gasteiger partial charge in [-0.2, -0.15) is 5.10 Å². The Kier molecular flexibility index (Phi) is 3.12. The Labute approximate surface area is 125 Å². The highest BCUT2D eigenvalue weighted by Gasteiger charge is 2.32. The molecule has 0 saturated carbocycles. The molecular weight excluding hydrogens is 262 g/mol. The minimum Gasteiger partial charge on any atom is -0.311 e. The summed E-state index contributed by atoms with van der Waals surface area (Å²) in [4.78, 5) is 12.1. The molecule has 110 valence electrons. The number of amides is 1. The Morgan fingerprint density at radius 1 is 1.33 bits per heavy atom. The van der Waals surface area contributed by atoms with Crippen molar-refractivity contribution in [2.24, 2.45) is 0 Å². The van der Waals surface area contributed by atoms with Gasteiger partial charge >= 0.3 is 0 Å². The van der Waals surface area contributed by atoms with Gasteiger partial charge in [0.2, 0.25) is 5.91 Å². The topological polar surface area (TPSA) is 46.9 Å². The molecule has 2 aromatic rings. The van der Waals surface area contributed by atoms with Gasteiger partial charge in [-0.05, 0) is 33.3 Å². The predicted octanol–water partition coefficient (Wildman–Crippen LogP) is 3.42. The van der Waals surface area contributed by atoms with Crippen molar-refractivity contribution in [1.29, 1.82) is 0 Å². The van der Waals surface area contributed by atoms with E-state index < -0.39 is 0 Å². The van der Waals surface area contributed by atoms with E-state index in [1.54, 1.807) is 0 Å². The summed E-state index contributed by atoms with van der Waals surface area (Å²) in [5.74, 6) is 0.981. The van der Waals surface area contributed by atoms with Gasteiger partial charge in [0.1, 0.15) is 5.82 Å². The van der Waals surface area contributed by atoms with E-state index in [4.69, 9.17) is 0 Å². The normalized spacial score (nSPS) is 18.3. The van der Waals surface area contributed by atoms with E-state index in [1.165, 1.54) is 11.1 Å². The van der Waals surface area contributed by atoms with Gasteiger partial charge in [0, 0.05) is 17.9 Å². The van der Waals surface area contributed by atoms with Gasteiger partial charge in [-0.3, -0.25) is 4.79 Å². The molecule has 1 aromatic heterocycles. The first-order chi connectivity index (χ1) is 9.86. The van der Waals surface area contributed by atoms with E-state index in [9.17, 15) is 4.79 Å². The first-order valence-corrected chi connectivity index (χ1v) is 7.31. The molecule has 3 rings (SSSR count). The molecule has 0 bridgehead atoms. The van der Waals surface area contributed by atoms with Gasteiger partial charge in [-0.25, -0.2) is 4.68 Å². The van der Waals surface area contributed by atoms with Crippen LogP contribution < -0.4 is 5.32 Å². The van der Waals surface area contributed by atoms with Crippen molar-refractivity contribution >= 4 is 11.7 Å². The number of fused-ring (bicyclic) bond motifs is 1. The monoisotopic (exact) mass is 283 g/mol. The quantitative estimate of drug-likeness (QED) is 0.871. The predicted molar refractivity (Wildman–Crippen MR) is 83.5 cm³/mol. The van der Waals surface area contributed by atoms with Crippen molar-refractivity contribution in [2.45, 2.75) is 45.6 Å².